The Kier molecular flexibility index (Phi) is 5.82. The van der Waals surface area contributed by atoms with Crippen molar-refractivity contribution in [1.29, 1.82) is 0 Å². The lowest BCUT2D eigenvalue weighted by Gasteiger charge is -2.38. The standard InChI is InChI=1S/C24H30F2N6/c1-16-11-21-22(29-23(28-21)18-12-19(25)14-20(26)13-18)24(27-16)32-5-3-17(4-6-32)15-31-9-7-30(2)8-10-31/h11-14,17H,3-10,15H2,1-2H3,(H,28,29). The van der Waals surface area contributed by atoms with E-state index in [1.807, 2.05) is 13.0 Å². The van der Waals surface area contributed by atoms with E-state index in [0.29, 0.717) is 17.3 Å². The predicted molar refractivity (Wildman–Crippen MR) is 123 cm³/mol. The van der Waals surface area contributed by atoms with E-state index in [9.17, 15) is 8.78 Å². The van der Waals surface area contributed by atoms with Gasteiger partial charge in [-0.3, -0.25) is 0 Å². The fourth-order valence-corrected chi connectivity index (χ4v) is 4.89. The van der Waals surface area contributed by atoms with Crippen molar-refractivity contribution in [3.8, 4) is 11.4 Å². The third-order valence-corrected chi connectivity index (χ3v) is 6.74. The molecule has 2 aliphatic heterocycles. The Bertz CT molecular complexity index is 1080. The molecule has 3 aromatic rings. The van der Waals surface area contributed by atoms with Gasteiger partial charge in [-0.1, -0.05) is 0 Å². The number of aromatic amines is 1. The first-order valence-electron chi connectivity index (χ1n) is 11.4. The number of piperidine rings is 1. The van der Waals surface area contributed by atoms with Gasteiger partial charge in [-0.05, 0) is 50.9 Å². The lowest BCUT2D eigenvalue weighted by atomic mass is 9.96. The van der Waals surface area contributed by atoms with Crippen LogP contribution in [0.3, 0.4) is 0 Å². The number of hydrogen-bond acceptors (Lipinski definition) is 5. The van der Waals surface area contributed by atoms with Crippen molar-refractivity contribution < 1.29 is 8.78 Å². The molecule has 2 aromatic heterocycles. The van der Waals surface area contributed by atoms with Crippen molar-refractivity contribution in [2.24, 2.45) is 5.92 Å². The number of benzene rings is 1. The molecule has 2 saturated heterocycles. The zero-order valence-corrected chi connectivity index (χ0v) is 18.7. The molecule has 5 rings (SSSR count). The van der Waals surface area contributed by atoms with Gasteiger partial charge in [0.25, 0.3) is 0 Å². The van der Waals surface area contributed by atoms with Gasteiger partial charge in [-0.25, -0.2) is 18.7 Å². The number of nitrogens with zero attached hydrogens (tertiary/aromatic N) is 5. The molecule has 0 aliphatic carbocycles. The van der Waals surface area contributed by atoms with Crippen molar-refractivity contribution in [2.75, 3.05) is 57.8 Å². The Hall–Kier alpha value is -2.58. The maximum absolute atomic E-state index is 13.7. The van der Waals surface area contributed by atoms with E-state index >= 15 is 0 Å². The summed E-state index contributed by atoms with van der Waals surface area (Å²) in [5.74, 6) is 0.796. The van der Waals surface area contributed by atoms with E-state index in [-0.39, 0.29) is 0 Å². The highest BCUT2D eigenvalue weighted by atomic mass is 19.1. The van der Waals surface area contributed by atoms with Gasteiger partial charge in [0.1, 0.15) is 23.0 Å². The van der Waals surface area contributed by atoms with E-state index in [0.717, 1.165) is 80.7 Å². The summed E-state index contributed by atoms with van der Waals surface area (Å²) in [5, 5.41) is 0. The number of hydrogen-bond donors (Lipinski definition) is 1. The molecule has 1 aromatic carbocycles. The Morgan fingerprint density at radius 1 is 0.938 bits per heavy atom. The highest BCUT2D eigenvalue weighted by Gasteiger charge is 2.25. The first kappa shape index (κ1) is 21.3. The molecule has 0 spiro atoms. The summed E-state index contributed by atoms with van der Waals surface area (Å²) >= 11 is 0. The summed E-state index contributed by atoms with van der Waals surface area (Å²) in [6, 6.07) is 5.40. The van der Waals surface area contributed by atoms with Gasteiger partial charge in [-0.2, -0.15) is 0 Å². The van der Waals surface area contributed by atoms with Crippen molar-refractivity contribution in [3.63, 3.8) is 0 Å². The molecule has 0 bridgehead atoms. The number of H-pyrrole nitrogens is 1. The number of fused-ring (bicyclic) bond motifs is 1. The van der Waals surface area contributed by atoms with E-state index in [4.69, 9.17) is 9.97 Å². The fourth-order valence-electron chi connectivity index (χ4n) is 4.89. The fraction of sp³-hybridized carbons (Fsp3) is 0.500. The summed E-state index contributed by atoms with van der Waals surface area (Å²) in [6.07, 6.45) is 2.27. The molecule has 2 fully saturated rings. The Labute approximate surface area is 187 Å². The quantitative estimate of drug-likeness (QED) is 0.671. The van der Waals surface area contributed by atoms with Gasteiger partial charge >= 0.3 is 0 Å². The molecule has 0 amide bonds. The van der Waals surface area contributed by atoms with Crippen LogP contribution in [0, 0.1) is 24.5 Å². The molecule has 32 heavy (non-hydrogen) atoms. The zero-order valence-electron chi connectivity index (χ0n) is 18.7. The number of halogens is 2. The number of pyridine rings is 1. The van der Waals surface area contributed by atoms with Crippen LogP contribution in [0.1, 0.15) is 18.5 Å². The second-order valence-electron chi connectivity index (χ2n) is 9.26. The lowest BCUT2D eigenvalue weighted by Crippen LogP contribution is -2.47. The molecule has 0 atom stereocenters. The average Bonchev–Trinajstić information content (AvgIpc) is 3.19. The molecule has 6 nitrogen and oxygen atoms in total. The normalized spacial score (nSPS) is 19.2. The molecule has 170 valence electrons. The summed E-state index contributed by atoms with van der Waals surface area (Å²) in [4.78, 5) is 20.0. The third kappa shape index (κ3) is 4.47. The number of likely N-dealkylation sites (N-methyl/N-ethyl adjacent to an activating group) is 1. The highest BCUT2D eigenvalue weighted by molar-refractivity contribution is 5.89. The average molecular weight is 441 g/mol. The second-order valence-corrected chi connectivity index (χ2v) is 9.26. The number of imidazole rings is 1. The van der Waals surface area contributed by atoms with Crippen LogP contribution < -0.4 is 4.90 Å². The molecule has 0 radical (unpaired) electrons. The number of piperazine rings is 1. The maximum Gasteiger partial charge on any atom is 0.157 e. The summed E-state index contributed by atoms with van der Waals surface area (Å²) in [6.45, 7) is 9.66. The predicted octanol–water partition coefficient (Wildman–Crippen LogP) is 3.68. The first-order valence-corrected chi connectivity index (χ1v) is 11.4. The van der Waals surface area contributed by atoms with Crippen LogP contribution in [0.2, 0.25) is 0 Å². The van der Waals surface area contributed by atoms with Crippen molar-refractivity contribution in [3.05, 3.63) is 41.6 Å². The molecular formula is C24H30F2N6. The van der Waals surface area contributed by atoms with Gasteiger partial charge in [-0.15, -0.1) is 0 Å². The van der Waals surface area contributed by atoms with Crippen LogP contribution in [0.15, 0.2) is 24.3 Å². The Balaban J connectivity index is 1.33. The van der Waals surface area contributed by atoms with Gasteiger partial charge < -0.3 is 19.7 Å². The Morgan fingerprint density at radius 2 is 1.62 bits per heavy atom. The number of aryl methyl sites for hydroxylation is 1. The second kappa shape index (κ2) is 8.75. The van der Waals surface area contributed by atoms with E-state index in [1.165, 1.54) is 18.7 Å². The molecule has 8 heteroatoms. The lowest BCUT2D eigenvalue weighted by molar-refractivity contribution is 0.129. The summed E-state index contributed by atoms with van der Waals surface area (Å²) in [7, 11) is 2.19. The zero-order chi connectivity index (χ0) is 22.2. The molecule has 4 heterocycles. The molecule has 0 unspecified atom stereocenters. The summed E-state index contributed by atoms with van der Waals surface area (Å²) in [5.41, 5.74) is 2.89. The third-order valence-electron chi connectivity index (χ3n) is 6.74. The molecular weight excluding hydrogens is 410 g/mol. The van der Waals surface area contributed by atoms with Crippen LogP contribution in [0.4, 0.5) is 14.6 Å². The monoisotopic (exact) mass is 440 g/mol. The van der Waals surface area contributed by atoms with Crippen LogP contribution in [0.5, 0.6) is 0 Å². The van der Waals surface area contributed by atoms with Gasteiger partial charge in [0, 0.05) is 63.1 Å². The first-order chi connectivity index (χ1) is 15.4. The topological polar surface area (TPSA) is 51.3 Å². The molecule has 1 N–H and O–H groups in total. The molecule has 0 saturated carbocycles. The van der Waals surface area contributed by atoms with Gasteiger partial charge in [0.15, 0.2) is 5.82 Å². The number of aromatic nitrogens is 3. The van der Waals surface area contributed by atoms with E-state index in [1.54, 1.807) is 0 Å². The van der Waals surface area contributed by atoms with Crippen molar-refractivity contribution in [2.45, 2.75) is 19.8 Å². The number of nitrogens with one attached hydrogen (secondary N) is 1. The van der Waals surface area contributed by atoms with E-state index in [2.05, 4.69) is 26.7 Å². The van der Waals surface area contributed by atoms with Gasteiger partial charge in [0.05, 0.1) is 5.52 Å². The minimum absolute atomic E-state index is 0.396. The smallest absolute Gasteiger partial charge is 0.157 e. The SMILES string of the molecule is Cc1cc2[nH]c(-c3cc(F)cc(F)c3)nc2c(N2CCC(CN3CCN(C)CC3)CC2)n1. The van der Waals surface area contributed by atoms with Crippen molar-refractivity contribution in [1.82, 2.24) is 24.8 Å². The largest absolute Gasteiger partial charge is 0.355 e. The number of anilines is 1. The summed E-state index contributed by atoms with van der Waals surface area (Å²) < 4.78 is 27.4. The minimum Gasteiger partial charge on any atom is -0.355 e. The van der Waals surface area contributed by atoms with E-state index < -0.39 is 11.6 Å². The van der Waals surface area contributed by atoms with Crippen molar-refractivity contribution >= 4 is 16.9 Å². The van der Waals surface area contributed by atoms with Gasteiger partial charge in [0.2, 0.25) is 0 Å². The Morgan fingerprint density at radius 3 is 2.31 bits per heavy atom. The maximum atomic E-state index is 13.7. The van der Waals surface area contributed by atoms with Crippen LogP contribution in [0.25, 0.3) is 22.4 Å². The van der Waals surface area contributed by atoms with Crippen LogP contribution in [-0.2, 0) is 0 Å². The van der Waals surface area contributed by atoms with Crippen LogP contribution in [-0.4, -0.2) is 77.6 Å². The van der Waals surface area contributed by atoms with Crippen LogP contribution >= 0.6 is 0 Å². The highest BCUT2D eigenvalue weighted by Crippen LogP contribution is 2.31. The molecule has 2 aliphatic rings. The minimum atomic E-state index is -0.614. The number of rotatable bonds is 4.